The van der Waals surface area contributed by atoms with Gasteiger partial charge in [0, 0.05) is 11.2 Å². The number of benzene rings is 1. The van der Waals surface area contributed by atoms with E-state index in [2.05, 4.69) is 0 Å². The van der Waals surface area contributed by atoms with E-state index >= 15 is 0 Å². The van der Waals surface area contributed by atoms with Gasteiger partial charge in [0.05, 0.1) is 0 Å². The summed E-state index contributed by atoms with van der Waals surface area (Å²) in [6, 6.07) is 9.77. The Morgan fingerprint density at radius 2 is 1.89 bits per heavy atom. The molecule has 0 saturated carbocycles. The van der Waals surface area contributed by atoms with E-state index in [0.29, 0.717) is 6.42 Å². The summed E-state index contributed by atoms with van der Waals surface area (Å²) in [5, 5.41) is -0.0790. The summed E-state index contributed by atoms with van der Waals surface area (Å²) >= 11 is 1.22. The van der Waals surface area contributed by atoms with Gasteiger partial charge in [-0.25, -0.2) is 0 Å². The Balaban J connectivity index is 2.00. The molecule has 2 rings (SSSR count). The van der Waals surface area contributed by atoms with Crippen molar-refractivity contribution in [3.63, 3.8) is 0 Å². The molecule has 2 atom stereocenters. The average molecular weight is 278 g/mol. The quantitative estimate of drug-likeness (QED) is 0.630. The lowest BCUT2D eigenvalue weighted by molar-refractivity contribution is -0.183. The molecule has 1 aliphatic rings. The zero-order valence-electron chi connectivity index (χ0n) is 11.4. The Kier molecular flexibility index (Phi) is 3.99. The minimum Gasteiger partial charge on any atom is -0.460 e. The van der Waals surface area contributed by atoms with E-state index in [1.165, 1.54) is 11.8 Å². The van der Waals surface area contributed by atoms with Crippen molar-refractivity contribution in [1.29, 1.82) is 0 Å². The second-order valence-electron chi connectivity index (χ2n) is 5.68. The second kappa shape index (κ2) is 5.37. The molecular formula is C15H18O3S. The van der Waals surface area contributed by atoms with Crippen molar-refractivity contribution in [2.45, 2.75) is 38.0 Å². The van der Waals surface area contributed by atoms with E-state index in [1.54, 1.807) is 0 Å². The van der Waals surface area contributed by atoms with E-state index in [1.807, 2.05) is 51.1 Å². The highest BCUT2D eigenvalue weighted by Gasteiger charge is 2.48. The Bertz CT molecular complexity index is 476. The van der Waals surface area contributed by atoms with Crippen LogP contribution in [0.15, 0.2) is 30.3 Å². The van der Waals surface area contributed by atoms with Gasteiger partial charge in [0.15, 0.2) is 5.92 Å². The lowest BCUT2D eigenvalue weighted by Gasteiger charge is -2.35. The minimum atomic E-state index is -0.607. The molecule has 0 radical (unpaired) electrons. The average Bonchev–Trinajstić information content (AvgIpc) is 2.26. The molecule has 0 amide bonds. The first-order valence-electron chi connectivity index (χ1n) is 6.34. The van der Waals surface area contributed by atoms with Gasteiger partial charge in [-0.15, -0.1) is 0 Å². The standard InChI is InChI=1S/C15H18O3S/c1-15(2,3)19-14(17)12-11(18-13(12)16)9-10-7-5-4-6-8-10/h4-8,11-12H,9H2,1-3H3/t11-,12-/m0/s1. The summed E-state index contributed by atoms with van der Waals surface area (Å²) in [7, 11) is 0. The highest BCUT2D eigenvalue weighted by atomic mass is 32.2. The molecule has 4 heteroatoms. The zero-order chi connectivity index (χ0) is 14.0. The molecule has 0 N–H and O–H groups in total. The normalized spacial score (nSPS) is 22.6. The van der Waals surface area contributed by atoms with Crippen LogP contribution in [0, 0.1) is 5.92 Å². The highest BCUT2D eigenvalue weighted by Crippen LogP contribution is 2.35. The third kappa shape index (κ3) is 3.60. The van der Waals surface area contributed by atoms with Crippen LogP contribution >= 0.6 is 11.8 Å². The van der Waals surface area contributed by atoms with E-state index < -0.39 is 5.92 Å². The second-order valence-corrected chi connectivity index (χ2v) is 7.51. The molecule has 19 heavy (non-hydrogen) atoms. The Hall–Kier alpha value is -1.29. The molecule has 1 aromatic rings. The molecule has 1 aromatic carbocycles. The van der Waals surface area contributed by atoms with Gasteiger partial charge in [-0.1, -0.05) is 62.9 Å². The summed E-state index contributed by atoms with van der Waals surface area (Å²) in [5.41, 5.74) is 1.08. The molecule has 1 fully saturated rings. The van der Waals surface area contributed by atoms with Crippen LogP contribution in [0.4, 0.5) is 0 Å². The maximum atomic E-state index is 12.1. The van der Waals surface area contributed by atoms with Crippen LogP contribution in [0.25, 0.3) is 0 Å². The van der Waals surface area contributed by atoms with E-state index in [-0.39, 0.29) is 21.9 Å². The number of ether oxygens (including phenoxy) is 1. The zero-order valence-corrected chi connectivity index (χ0v) is 12.2. The van der Waals surface area contributed by atoms with Gasteiger partial charge in [-0.3, -0.25) is 9.59 Å². The van der Waals surface area contributed by atoms with Gasteiger partial charge >= 0.3 is 5.97 Å². The maximum absolute atomic E-state index is 12.1. The molecule has 0 aromatic heterocycles. The monoisotopic (exact) mass is 278 g/mol. The molecule has 102 valence electrons. The molecule has 1 saturated heterocycles. The van der Waals surface area contributed by atoms with Crippen LogP contribution in [0.5, 0.6) is 0 Å². The van der Waals surface area contributed by atoms with Crippen molar-refractivity contribution >= 4 is 22.8 Å². The number of cyclic esters (lactones) is 1. The summed E-state index contributed by atoms with van der Waals surface area (Å²) in [6.07, 6.45) is 0.297. The van der Waals surface area contributed by atoms with Gasteiger partial charge < -0.3 is 4.74 Å². The van der Waals surface area contributed by atoms with Gasteiger partial charge in [0.25, 0.3) is 0 Å². The first kappa shape index (κ1) is 14.1. The summed E-state index contributed by atoms with van der Waals surface area (Å²) in [5.74, 6) is -0.993. The number of esters is 1. The van der Waals surface area contributed by atoms with Crippen LogP contribution in [0.1, 0.15) is 26.3 Å². The largest absolute Gasteiger partial charge is 0.460 e. The Labute approximate surface area is 117 Å². The maximum Gasteiger partial charge on any atom is 0.321 e. The van der Waals surface area contributed by atoms with Gasteiger partial charge in [0.2, 0.25) is 5.12 Å². The SMILES string of the molecule is CC(C)(C)SC(=O)[C@@H]1C(=O)O[C@H]1Cc1ccccc1. The Morgan fingerprint density at radius 1 is 1.26 bits per heavy atom. The number of hydrogen-bond donors (Lipinski definition) is 0. The Morgan fingerprint density at radius 3 is 2.42 bits per heavy atom. The predicted octanol–water partition coefficient (Wildman–Crippen LogP) is 2.83. The van der Waals surface area contributed by atoms with E-state index in [4.69, 9.17) is 4.74 Å². The summed E-state index contributed by atoms with van der Waals surface area (Å²) in [4.78, 5) is 23.6. The minimum absolute atomic E-state index is 0.0790. The van der Waals surface area contributed by atoms with Crippen LogP contribution in [-0.4, -0.2) is 21.9 Å². The number of thioether (sulfide) groups is 1. The van der Waals surface area contributed by atoms with Crippen molar-refractivity contribution in [2.24, 2.45) is 5.92 Å². The van der Waals surface area contributed by atoms with Crippen molar-refractivity contribution in [1.82, 2.24) is 0 Å². The summed E-state index contributed by atoms with van der Waals surface area (Å²) < 4.78 is 4.94. The van der Waals surface area contributed by atoms with Crippen molar-refractivity contribution in [3.8, 4) is 0 Å². The third-order valence-electron chi connectivity index (χ3n) is 2.83. The molecule has 1 aliphatic heterocycles. The fraction of sp³-hybridized carbons (Fsp3) is 0.467. The van der Waals surface area contributed by atoms with Crippen LogP contribution in [0.3, 0.4) is 0 Å². The number of carbonyl (C=O) groups excluding carboxylic acids is 2. The van der Waals surface area contributed by atoms with Crippen molar-refractivity contribution in [3.05, 3.63) is 35.9 Å². The van der Waals surface area contributed by atoms with Crippen LogP contribution in [0.2, 0.25) is 0 Å². The third-order valence-corrected chi connectivity index (χ3v) is 3.90. The fourth-order valence-corrected chi connectivity index (χ4v) is 2.97. The van der Waals surface area contributed by atoms with Gasteiger partial charge in [-0.2, -0.15) is 0 Å². The number of carbonyl (C=O) groups is 2. The van der Waals surface area contributed by atoms with Crippen molar-refractivity contribution < 1.29 is 14.3 Å². The van der Waals surface area contributed by atoms with E-state index in [9.17, 15) is 9.59 Å². The molecule has 0 unspecified atom stereocenters. The molecule has 1 heterocycles. The topological polar surface area (TPSA) is 43.4 Å². The molecule has 0 bridgehead atoms. The lowest BCUT2D eigenvalue weighted by atomic mass is 9.92. The molecule has 0 aliphatic carbocycles. The van der Waals surface area contributed by atoms with Crippen molar-refractivity contribution in [2.75, 3.05) is 0 Å². The van der Waals surface area contributed by atoms with Gasteiger partial charge in [0.1, 0.15) is 6.10 Å². The first-order chi connectivity index (χ1) is 8.87. The fourth-order valence-electron chi connectivity index (χ4n) is 1.99. The predicted molar refractivity (Wildman–Crippen MR) is 75.9 cm³/mol. The highest BCUT2D eigenvalue weighted by molar-refractivity contribution is 8.14. The number of rotatable bonds is 3. The van der Waals surface area contributed by atoms with E-state index in [0.717, 1.165) is 5.56 Å². The lowest BCUT2D eigenvalue weighted by Crippen LogP contribution is -2.50. The van der Waals surface area contributed by atoms with Crippen LogP contribution < -0.4 is 0 Å². The first-order valence-corrected chi connectivity index (χ1v) is 7.16. The summed E-state index contributed by atoms with van der Waals surface area (Å²) in [6.45, 7) is 5.89. The smallest absolute Gasteiger partial charge is 0.321 e. The molecular weight excluding hydrogens is 260 g/mol. The molecule has 3 nitrogen and oxygen atoms in total. The number of hydrogen-bond acceptors (Lipinski definition) is 4. The van der Waals surface area contributed by atoms with Gasteiger partial charge in [-0.05, 0) is 5.56 Å². The molecule has 0 spiro atoms. The van der Waals surface area contributed by atoms with Crippen LogP contribution in [-0.2, 0) is 20.7 Å².